The monoisotopic (exact) mass is 232 g/mol. The Balaban J connectivity index is 2.18. The Morgan fingerprint density at radius 3 is 2.82 bits per heavy atom. The topological polar surface area (TPSA) is 34.8 Å². The van der Waals surface area contributed by atoms with Crippen molar-refractivity contribution in [3.05, 3.63) is 41.5 Å². The summed E-state index contributed by atoms with van der Waals surface area (Å²) in [6.07, 6.45) is 3.11. The van der Waals surface area contributed by atoms with Crippen molar-refractivity contribution in [3.63, 3.8) is 0 Å². The SMILES string of the molecule is CCc1cc(Cn2cccc2CNC)n(C)n1. The highest BCUT2D eigenvalue weighted by Gasteiger charge is 2.06. The fourth-order valence-electron chi connectivity index (χ4n) is 2.01. The van der Waals surface area contributed by atoms with Crippen LogP contribution >= 0.6 is 0 Å². The smallest absolute Gasteiger partial charge is 0.0642 e. The van der Waals surface area contributed by atoms with Crippen molar-refractivity contribution in [2.45, 2.75) is 26.4 Å². The van der Waals surface area contributed by atoms with Gasteiger partial charge in [-0.25, -0.2) is 0 Å². The molecule has 0 unspecified atom stereocenters. The first-order valence-electron chi connectivity index (χ1n) is 6.05. The lowest BCUT2D eigenvalue weighted by Gasteiger charge is -2.08. The van der Waals surface area contributed by atoms with Gasteiger partial charge in [-0.2, -0.15) is 5.10 Å². The summed E-state index contributed by atoms with van der Waals surface area (Å²) in [4.78, 5) is 0. The van der Waals surface area contributed by atoms with E-state index in [1.807, 2.05) is 18.8 Å². The third-order valence-electron chi connectivity index (χ3n) is 3.00. The molecule has 2 aromatic rings. The maximum Gasteiger partial charge on any atom is 0.0642 e. The molecule has 0 amide bonds. The number of aromatic nitrogens is 3. The maximum atomic E-state index is 4.47. The summed E-state index contributed by atoms with van der Waals surface area (Å²) in [7, 11) is 3.98. The van der Waals surface area contributed by atoms with Crippen LogP contribution in [0.2, 0.25) is 0 Å². The van der Waals surface area contributed by atoms with E-state index in [9.17, 15) is 0 Å². The van der Waals surface area contributed by atoms with Gasteiger partial charge in [0.2, 0.25) is 0 Å². The first kappa shape index (κ1) is 11.9. The van der Waals surface area contributed by atoms with Crippen LogP contribution in [0.25, 0.3) is 0 Å². The van der Waals surface area contributed by atoms with Gasteiger partial charge in [-0.1, -0.05) is 6.92 Å². The average Bonchev–Trinajstić information content (AvgIpc) is 2.88. The second kappa shape index (κ2) is 5.19. The van der Waals surface area contributed by atoms with E-state index in [2.05, 4.69) is 46.3 Å². The fraction of sp³-hybridized carbons (Fsp3) is 0.462. The Hall–Kier alpha value is -1.55. The molecule has 1 N–H and O–H groups in total. The predicted octanol–water partition coefficient (Wildman–Crippen LogP) is 1.55. The second-order valence-corrected chi connectivity index (χ2v) is 4.26. The van der Waals surface area contributed by atoms with E-state index in [1.54, 1.807) is 0 Å². The number of nitrogens with one attached hydrogen (secondary N) is 1. The number of rotatable bonds is 5. The predicted molar refractivity (Wildman–Crippen MR) is 68.9 cm³/mol. The van der Waals surface area contributed by atoms with Gasteiger partial charge in [-0.05, 0) is 31.7 Å². The molecule has 0 aromatic carbocycles. The van der Waals surface area contributed by atoms with Crippen LogP contribution in [-0.4, -0.2) is 21.4 Å². The summed E-state index contributed by atoms with van der Waals surface area (Å²) in [6, 6.07) is 6.42. The minimum Gasteiger partial charge on any atom is -0.344 e. The van der Waals surface area contributed by atoms with Crippen LogP contribution in [-0.2, 0) is 26.6 Å². The number of aryl methyl sites for hydroxylation is 2. The molecule has 4 nitrogen and oxygen atoms in total. The lowest BCUT2D eigenvalue weighted by atomic mass is 10.3. The van der Waals surface area contributed by atoms with Gasteiger partial charge in [0.1, 0.15) is 0 Å². The lowest BCUT2D eigenvalue weighted by molar-refractivity contribution is 0.634. The van der Waals surface area contributed by atoms with Crippen molar-refractivity contribution < 1.29 is 0 Å². The van der Waals surface area contributed by atoms with Crippen LogP contribution < -0.4 is 5.32 Å². The molecule has 0 saturated heterocycles. The summed E-state index contributed by atoms with van der Waals surface area (Å²) in [5.41, 5.74) is 3.70. The molecule has 0 atom stereocenters. The summed E-state index contributed by atoms with van der Waals surface area (Å²) in [6.45, 7) is 3.91. The highest BCUT2D eigenvalue weighted by molar-refractivity contribution is 5.14. The molecular weight excluding hydrogens is 212 g/mol. The summed E-state index contributed by atoms with van der Waals surface area (Å²) >= 11 is 0. The molecule has 0 saturated carbocycles. The van der Waals surface area contributed by atoms with Crippen LogP contribution in [0.3, 0.4) is 0 Å². The number of hydrogen-bond donors (Lipinski definition) is 1. The van der Waals surface area contributed by atoms with E-state index >= 15 is 0 Å². The van der Waals surface area contributed by atoms with Gasteiger partial charge in [0, 0.05) is 25.5 Å². The van der Waals surface area contributed by atoms with Crippen LogP contribution in [0.15, 0.2) is 24.4 Å². The Morgan fingerprint density at radius 1 is 1.35 bits per heavy atom. The van der Waals surface area contributed by atoms with E-state index in [4.69, 9.17) is 0 Å². The van der Waals surface area contributed by atoms with Crippen LogP contribution in [0.1, 0.15) is 24.0 Å². The zero-order valence-electron chi connectivity index (χ0n) is 10.8. The van der Waals surface area contributed by atoms with Crippen molar-refractivity contribution in [2.75, 3.05) is 7.05 Å². The van der Waals surface area contributed by atoms with Gasteiger partial charge in [0.05, 0.1) is 17.9 Å². The standard InChI is InChI=1S/C13H20N4/c1-4-11-8-13(16(3)15-11)10-17-7-5-6-12(17)9-14-2/h5-8,14H,4,9-10H2,1-3H3. The third-order valence-corrected chi connectivity index (χ3v) is 3.00. The van der Waals surface area contributed by atoms with Gasteiger partial charge in [-0.3, -0.25) is 4.68 Å². The zero-order valence-corrected chi connectivity index (χ0v) is 10.8. The molecule has 2 rings (SSSR count). The molecule has 0 fully saturated rings. The first-order chi connectivity index (χ1) is 8.24. The highest BCUT2D eigenvalue weighted by atomic mass is 15.3. The molecule has 0 bridgehead atoms. The molecule has 4 heteroatoms. The fourth-order valence-corrected chi connectivity index (χ4v) is 2.01. The summed E-state index contributed by atoms with van der Waals surface area (Å²) in [5.74, 6) is 0. The molecule has 2 heterocycles. The third kappa shape index (κ3) is 2.58. The van der Waals surface area contributed by atoms with Crippen LogP contribution in [0.5, 0.6) is 0 Å². The van der Waals surface area contributed by atoms with Crippen LogP contribution in [0, 0.1) is 0 Å². The molecule has 0 aliphatic rings. The van der Waals surface area contributed by atoms with Crippen molar-refractivity contribution in [1.29, 1.82) is 0 Å². The molecule has 17 heavy (non-hydrogen) atoms. The normalized spacial score (nSPS) is 11.0. The lowest BCUT2D eigenvalue weighted by Crippen LogP contribution is -2.12. The van der Waals surface area contributed by atoms with Gasteiger partial charge in [0.15, 0.2) is 0 Å². The van der Waals surface area contributed by atoms with E-state index in [0.29, 0.717) is 0 Å². The van der Waals surface area contributed by atoms with Crippen molar-refractivity contribution in [1.82, 2.24) is 19.7 Å². The number of nitrogens with zero attached hydrogens (tertiary/aromatic N) is 3. The van der Waals surface area contributed by atoms with Gasteiger partial charge >= 0.3 is 0 Å². The van der Waals surface area contributed by atoms with E-state index in [0.717, 1.165) is 25.2 Å². The Kier molecular flexibility index (Phi) is 3.64. The molecule has 0 aliphatic carbocycles. The molecule has 0 aliphatic heterocycles. The summed E-state index contributed by atoms with van der Waals surface area (Å²) < 4.78 is 4.23. The Labute approximate surface area is 102 Å². The van der Waals surface area contributed by atoms with Crippen molar-refractivity contribution >= 4 is 0 Å². The van der Waals surface area contributed by atoms with E-state index in [-0.39, 0.29) is 0 Å². The average molecular weight is 232 g/mol. The number of hydrogen-bond acceptors (Lipinski definition) is 2. The zero-order chi connectivity index (χ0) is 12.3. The summed E-state index contributed by atoms with van der Waals surface area (Å²) in [5, 5.41) is 7.66. The Morgan fingerprint density at radius 2 is 2.18 bits per heavy atom. The molecular formula is C13H20N4. The van der Waals surface area contributed by atoms with Crippen molar-refractivity contribution in [3.8, 4) is 0 Å². The van der Waals surface area contributed by atoms with Gasteiger partial charge in [0.25, 0.3) is 0 Å². The van der Waals surface area contributed by atoms with Gasteiger partial charge in [-0.15, -0.1) is 0 Å². The minimum absolute atomic E-state index is 0.882. The maximum absolute atomic E-state index is 4.47. The van der Waals surface area contributed by atoms with E-state index < -0.39 is 0 Å². The molecule has 0 radical (unpaired) electrons. The first-order valence-corrected chi connectivity index (χ1v) is 6.05. The quantitative estimate of drug-likeness (QED) is 0.849. The van der Waals surface area contributed by atoms with Crippen LogP contribution in [0.4, 0.5) is 0 Å². The van der Waals surface area contributed by atoms with Gasteiger partial charge < -0.3 is 9.88 Å². The Bertz CT molecular complexity index is 481. The largest absolute Gasteiger partial charge is 0.344 e. The molecule has 0 spiro atoms. The highest BCUT2D eigenvalue weighted by Crippen LogP contribution is 2.09. The van der Waals surface area contributed by atoms with Crippen molar-refractivity contribution in [2.24, 2.45) is 7.05 Å². The second-order valence-electron chi connectivity index (χ2n) is 4.26. The molecule has 2 aromatic heterocycles. The van der Waals surface area contributed by atoms with E-state index in [1.165, 1.54) is 11.4 Å². The molecule has 92 valence electrons. The minimum atomic E-state index is 0.882.